The van der Waals surface area contributed by atoms with Crippen molar-refractivity contribution in [2.24, 2.45) is 0 Å². The van der Waals surface area contributed by atoms with Crippen LogP contribution in [0, 0.1) is 11.3 Å². The van der Waals surface area contributed by atoms with Crippen LogP contribution in [-0.4, -0.2) is 32.4 Å². The molecule has 1 aromatic heterocycles. The molecule has 0 saturated heterocycles. The number of rotatable bonds is 5. The van der Waals surface area contributed by atoms with Gasteiger partial charge in [0.25, 0.3) is 0 Å². The molecule has 0 aliphatic rings. The molecule has 12 heteroatoms. The molecule has 0 radical (unpaired) electrons. The summed E-state index contributed by atoms with van der Waals surface area (Å²) in [7, 11) is -1.63. The minimum Gasteiger partial charge on any atom is -0.368 e. The van der Waals surface area contributed by atoms with Crippen LogP contribution < -0.4 is 16.4 Å². The van der Waals surface area contributed by atoms with Crippen molar-refractivity contribution in [3.8, 4) is 6.07 Å². The molecule has 0 spiro atoms. The molecule has 28 heavy (non-hydrogen) atoms. The Bertz CT molecular complexity index is 974. The van der Waals surface area contributed by atoms with Crippen LogP contribution in [0.25, 0.3) is 0 Å². The van der Waals surface area contributed by atoms with Gasteiger partial charge < -0.3 is 16.4 Å². The molecule has 0 aliphatic carbocycles. The fourth-order valence-corrected chi connectivity index (χ4v) is 2.82. The zero-order chi connectivity index (χ0) is 21.1. The fraction of sp³-hybridized carbons (Fsp3) is 0.250. The molecule has 0 aliphatic heterocycles. The van der Waals surface area contributed by atoms with E-state index in [0.717, 1.165) is 18.2 Å². The summed E-state index contributed by atoms with van der Waals surface area (Å²) in [4.78, 5) is 19.9. The van der Waals surface area contributed by atoms with Crippen molar-refractivity contribution in [1.29, 1.82) is 5.26 Å². The van der Waals surface area contributed by atoms with Crippen molar-refractivity contribution < 1.29 is 22.2 Å². The van der Waals surface area contributed by atoms with Crippen molar-refractivity contribution in [2.45, 2.75) is 24.2 Å². The number of aromatic nitrogens is 2. The van der Waals surface area contributed by atoms with Gasteiger partial charge >= 0.3 is 6.18 Å². The third-order valence-electron chi connectivity index (χ3n) is 3.48. The maximum atomic E-state index is 12.8. The third-order valence-corrected chi connectivity index (χ3v) is 4.32. The van der Waals surface area contributed by atoms with E-state index < -0.39 is 34.5 Å². The van der Waals surface area contributed by atoms with Crippen molar-refractivity contribution in [3.05, 3.63) is 35.4 Å². The van der Waals surface area contributed by atoms with Crippen LogP contribution in [-0.2, 0) is 21.8 Å². The Morgan fingerprint density at radius 1 is 1.36 bits per heavy atom. The number of carbonyl (C=O) groups is 1. The van der Waals surface area contributed by atoms with Crippen molar-refractivity contribution in [2.75, 3.05) is 22.6 Å². The van der Waals surface area contributed by atoms with Crippen molar-refractivity contribution >= 4 is 34.2 Å². The van der Waals surface area contributed by atoms with E-state index >= 15 is 0 Å². The van der Waals surface area contributed by atoms with Crippen LogP contribution in [0.15, 0.2) is 29.3 Å². The minimum atomic E-state index is -4.54. The first-order valence-electron chi connectivity index (χ1n) is 7.68. The molecule has 148 valence electrons. The Morgan fingerprint density at radius 3 is 2.61 bits per heavy atom. The van der Waals surface area contributed by atoms with Gasteiger partial charge in [0.2, 0.25) is 11.9 Å². The van der Waals surface area contributed by atoms with Crippen LogP contribution in [0.4, 0.5) is 30.6 Å². The molecule has 2 rings (SSSR count). The molecular formula is C16H15F3N6O2S. The van der Waals surface area contributed by atoms with E-state index in [1.807, 2.05) is 0 Å². The van der Waals surface area contributed by atoms with Gasteiger partial charge in [0.1, 0.15) is 17.7 Å². The number of anilines is 3. The van der Waals surface area contributed by atoms with E-state index in [2.05, 4.69) is 20.6 Å². The molecule has 0 saturated carbocycles. The zero-order valence-corrected chi connectivity index (χ0v) is 15.5. The lowest BCUT2D eigenvalue weighted by Crippen LogP contribution is -2.33. The van der Waals surface area contributed by atoms with Gasteiger partial charge in [-0.3, -0.25) is 9.00 Å². The van der Waals surface area contributed by atoms with E-state index in [0.29, 0.717) is 0 Å². The van der Waals surface area contributed by atoms with Gasteiger partial charge in [-0.25, -0.2) is 4.98 Å². The van der Waals surface area contributed by atoms with E-state index in [1.165, 1.54) is 19.2 Å². The molecule has 1 heterocycles. The Morgan fingerprint density at radius 2 is 2.04 bits per heavy atom. The molecule has 2 atom stereocenters. The highest BCUT2D eigenvalue weighted by Gasteiger charge is 2.30. The second kappa shape index (κ2) is 8.22. The zero-order valence-electron chi connectivity index (χ0n) is 14.7. The number of benzene rings is 1. The van der Waals surface area contributed by atoms with Gasteiger partial charge in [0, 0.05) is 11.9 Å². The number of hydrogen-bond acceptors (Lipinski definition) is 7. The summed E-state index contributed by atoms with van der Waals surface area (Å²) in [5.41, 5.74) is 4.44. The van der Waals surface area contributed by atoms with Crippen molar-refractivity contribution in [3.63, 3.8) is 0 Å². The molecule has 2 aromatic rings. The number of nitriles is 1. The molecule has 0 fully saturated rings. The smallest absolute Gasteiger partial charge is 0.368 e. The third kappa shape index (κ3) is 4.95. The SMILES string of the molecule is C[C@H](Nc1nc(N)nc(S(C)=O)c1C#N)C(=O)Nc1cccc(C(F)(F)F)c1. The molecule has 1 unspecified atom stereocenters. The number of halogens is 3. The number of amides is 1. The van der Waals surface area contributed by atoms with E-state index in [4.69, 9.17) is 5.73 Å². The molecule has 1 aromatic carbocycles. The predicted molar refractivity (Wildman–Crippen MR) is 96.7 cm³/mol. The van der Waals surface area contributed by atoms with Gasteiger partial charge in [-0.15, -0.1) is 0 Å². The summed E-state index contributed by atoms with van der Waals surface area (Å²) in [5.74, 6) is -1.04. The summed E-state index contributed by atoms with van der Waals surface area (Å²) in [5, 5.41) is 14.2. The first-order chi connectivity index (χ1) is 13.0. The largest absolute Gasteiger partial charge is 0.416 e. The highest BCUT2D eigenvalue weighted by atomic mass is 32.2. The highest BCUT2D eigenvalue weighted by Crippen LogP contribution is 2.30. The molecule has 1 amide bonds. The number of nitrogens with two attached hydrogens (primary N) is 1. The molecule has 0 bridgehead atoms. The van der Waals surface area contributed by atoms with Gasteiger partial charge in [-0.05, 0) is 25.1 Å². The Hall–Kier alpha value is -3.20. The van der Waals surface area contributed by atoms with Gasteiger partial charge in [-0.1, -0.05) is 6.07 Å². The first kappa shape index (κ1) is 21.1. The number of nitrogens with zero attached hydrogens (tertiary/aromatic N) is 3. The molecule has 4 N–H and O–H groups in total. The number of carbonyl (C=O) groups excluding carboxylic acids is 1. The second-order valence-electron chi connectivity index (χ2n) is 5.61. The number of hydrogen-bond donors (Lipinski definition) is 3. The van der Waals surface area contributed by atoms with Crippen LogP contribution in [0.1, 0.15) is 18.1 Å². The average Bonchev–Trinajstić information content (AvgIpc) is 2.60. The summed E-state index contributed by atoms with van der Waals surface area (Å²) >= 11 is 0. The topological polar surface area (TPSA) is 134 Å². The maximum Gasteiger partial charge on any atom is 0.416 e. The first-order valence-corrected chi connectivity index (χ1v) is 9.24. The van der Waals surface area contributed by atoms with E-state index in [-0.39, 0.29) is 28.0 Å². The fourth-order valence-electron chi connectivity index (χ4n) is 2.16. The lowest BCUT2D eigenvalue weighted by molar-refractivity contribution is -0.137. The summed E-state index contributed by atoms with van der Waals surface area (Å²) in [6.45, 7) is 1.41. The standard InChI is InChI=1S/C16H15F3N6O2S/c1-8(13(26)23-10-5-3-4-9(6-10)16(17,18)19)22-12-11(7-20)14(28(2)27)25-15(21)24-12/h3-6,8H,1-2H3,(H,23,26)(H3,21,22,24,25)/t8-,28?/m0/s1. The normalized spacial score (nSPS) is 13.3. The predicted octanol–water partition coefficient (Wildman–Crippen LogP) is 2.13. The van der Waals surface area contributed by atoms with E-state index in [1.54, 1.807) is 6.07 Å². The Labute approximate surface area is 160 Å². The van der Waals surface area contributed by atoms with Crippen LogP contribution >= 0.6 is 0 Å². The van der Waals surface area contributed by atoms with Crippen LogP contribution in [0.2, 0.25) is 0 Å². The number of nitrogens with one attached hydrogen (secondary N) is 2. The van der Waals surface area contributed by atoms with Crippen LogP contribution in [0.3, 0.4) is 0 Å². The number of alkyl halides is 3. The Balaban J connectivity index is 2.22. The van der Waals surface area contributed by atoms with Crippen LogP contribution in [0.5, 0.6) is 0 Å². The highest BCUT2D eigenvalue weighted by molar-refractivity contribution is 7.84. The Kier molecular flexibility index (Phi) is 6.19. The van der Waals surface area contributed by atoms with E-state index in [9.17, 15) is 27.4 Å². The minimum absolute atomic E-state index is 0.0495. The number of nitrogen functional groups attached to an aromatic ring is 1. The summed E-state index contributed by atoms with van der Waals surface area (Å²) in [6.07, 6.45) is -3.24. The quantitative estimate of drug-likeness (QED) is 0.641. The van der Waals surface area contributed by atoms with Crippen molar-refractivity contribution in [1.82, 2.24) is 9.97 Å². The maximum absolute atomic E-state index is 12.8. The van der Waals surface area contributed by atoms with Gasteiger partial charge in [-0.2, -0.15) is 23.4 Å². The van der Waals surface area contributed by atoms with Gasteiger partial charge in [0.15, 0.2) is 10.8 Å². The lowest BCUT2D eigenvalue weighted by atomic mass is 10.2. The molecule has 8 nitrogen and oxygen atoms in total. The summed E-state index contributed by atoms with van der Waals surface area (Å²) < 4.78 is 50.0. The van der Waals surface area contributed by atoms with Gasteiger partial charge in [0.05, 0.1) is 16.4 Å². The lowest BCUT2D eigenvalue weighted by Gasteiger charge is -2.17. The average molecular weight is 412 g/mol. The monoisotopic (exact) mass is 412 g/mol. The summed E-state index contributed by atoms with van der Waals surface area (Å²) in [6, 6.07) is 4.94. The molecular weight excluding hydrogens is 397 g/mol. The second-order valence-corrected chi connectivity index (χ2v) is 6.91.